The zero-order chi connectivity index (χ0) is 19.7. The Bertz CT molecular complexity index is 1040. The molecule has 1 fully saturated rings. The maximum absolute atomic E-state index is 12.5. The Labute approximate surface area is 169 Å². The number of rotatable bonds is 3. The number of hydrogen-bond donors (Lipinski definition) is 1. The predicted octanol–water partition coefficient (Wildman–Crippen LogP) is 2.82. The van der Waals surface area contributed by atoms with Crippen LogP contribution in [0.2, 0.25) is 5.02 Å². The monoisotopic (exact) mass is 417 g/mol. The van der Waals surface area contributed by atoms with Crippen molar-refractivity contribution in [3.8, 4) is 0 Å². The topological polar surface area (TPSA) is 78.8 Å². The third-order valence-corrected chi connectivity index (χ3v) is 6.69. The van der Waals surface area contributed by atoms with Gasteiger partial charge >= 0.3 is 0 Å². The van der Waals surface area contributed by atoms with Gasteiger partial charge in [-0.1, -0.05) is 35.9 Å². The molecule has 0 atom stereocenters. The molecule has 0 saturated carbocycles. The number of sulfonamides is 1. The van der Waals surface area contributed by atoms with Crippen molar-refractivity contribution in [2.75, 3.05) is 13.1 Å². The van der Waals surface area contributed by atoms with Gasteiger partial charge in [0.05, 0.1) is 0 Å². The Morgan fingerprint density at radius 3 is 2.64 bits per heavy atom. The minimum atomic E-state index is -3.62. The van der Waals surface area contributed by atoms with Crippen molar-refractivity contribution >= 4 is 33.4 Å². The molecule has 0 bridgehead atoms. The average Bonchev–Trinajstić information content (AvgIpc) is 2.98. The van der Waals surface area contributed by atoms with E-state index in [-0.39, 0.29) is 16.7 Å². The molecule has 1 saturated heterocycles. The first kappa shape index (κ1) is 19.0. The summed E-state index contributed by atoms with van der Waals surface area (Å²) in [4.78, 5) is 14.7. The van der Waals surface area contributed by atoms with Gasteiger partial charge in [-0.3, -0.25) is 4.79 Å². The summed E-state index contributed by atoms with van der Waals surface area (Å²) in [7, 11) is -3.62. The summed E-state index contributed by atoms with van der Waals surface area (Å²) in [5, 5.41) is 3.61. The van der Waals surface area contributed by atoms with Gasteiger partial charge in [0, 0.05) is 36.1 Å². The predicted molar refractivity (Wildman–Crippen MR) is 108 cm³/mol. The third kappa shape index (κ3) is 3.77. The second-order valence-electron chi connectivity index (χ2n) is 7.00. The van der Waals surface area contributed by atoms with Crippen LogP contribution in [0.3, 0.4) is 0 Å². The van der Waals surface area contributed by atoms with Crippen LogP contribution in [-0.4, -0.2) is 38.2 Å². The van der Waals surface area contributed by atoms with Gasteiger partial charge in [-0.25, -0.2) is 0 Å². The number of hydrogen-bond acceptors (Lipinski definition) is 4. The van der Waals surface area contributed by atoms with Gasteiger partial charge < -0.3 is 10.2 Å². The van der Waals surface area contributed by atoms with E-state index in [1.54, 1.807) is 24.3 Å². The Morgan fingerprint density at radius 2 is 1.89 bits per heavy atom. The zero-order valence-corrected chi connectivity index (χ0v) is 16.7. The normalized spacial score (nSPS) is 18.5. The van der Waals surface area contributed by atoms with E-state index < -0.39 is 10.0 Å². The Morgan fingerprint density at radius 1 is 1.14 bits per heavy atom. The first-order valence-electron chi connectivity index (χ1n) is 9.15. The Balaban J connectivity index is 1.37. The van der Waals surface area contributed by atoms with Crippen LogP contribution in [0.4, 0.5) is 0 Å². The van der Waals surface area contributed by atoms with Gasteiger partial charge in [-0.15, -0.1) is 4.40 Å². The van der Waals surface area contributed by atoms with Gasteiger partial charge in [-0.2, -0.15) is 8.42 Å². The fourth-order valence-corrected chi connectivity index (χ4v) is 5.09. The maximum atomic E-state index is 12.5. The highest BCUT2D eigenvalue weighted by molar-refractivity contribution is 7.90. The van der Waals surface area contributed by atoms with Crippen molar-refractivity contribution in [1.29, 1.82) is 0 Å². The molecule has 6 nitrogen and oxygen atoms in total. The fraction of sp³-hybridized carbons (Fsp3) is 0.300. The van der Waals surface area contributed by atoms with Gasteiger partial charge in [0.2, 0.25) is 5.91 Å². The largest absolute Gasteiger partial charge is 0.355 e. The van der Waals surface area contributed by atoms with Crippen LogP contribution >= 0.6 is 11.6 Å². The average molecular weight is 418 g/mol. The number of halogens is 1. The van der Waals surface area contributed by atoms with Crippen LogP contribution in [0, 0.1) is 5.92 Å². The van der Waals surface area contributed by atoms with Crippen LogP contribution in [0.25, 0.3) is 0 Å². The molecule has 0 radical (unpaired) electrons. The molecular weight excluding hydrogens is 398 g/mol. The quantitative estimate of drug-likeness (QED) is 0.832. The molecule has 2 aliphatic rings. The third-order valence-electron chi connectivity index (χ3n) is 5.13. The second kappa shape index (κ2) is 7.56. The second-order valence-corrected chi connectivity index (χ2v) is 9.00. The fourth-order valence-electron chi connectivity index (χ4n) is 3.65. The zero-order valence-electron chi connectivity index (χ0n) is 15.1. The maximum Gasteiger partial charge on any atom is 0.285 e. The van der Waals surface area contributed by atoms with Crippen molar-refractivity contribution < 1.29 is 13.2 Å². The van der Waals surface area contributed by atoms with Crippen LogP contribution < -0.4 is 5.32 Å². The minimum absolute atomic E-state index is 0.0148. The van der Waals surface area contributed by atoms with Crippen molar-refractivity contribution in [2.24, 2.45) is 10.3 Å². The highest BCUT2D eigenvalue weighted by Gasteiger charge is 2.34. The molecule has 0 spiro atoms. The molecule has 2 aromatic carbocycles. The number of nitrogens with one attached hydrogen (secondary N) is 1. The van der Waals surface area contributed by atoms with E-state index in [0.717, 1.165) is 5.56 Å². The summed E-state index contributed by atoms with van der Waals surface area (Å²) < 4.78 is 28.4. The van der Waals surface area contributed by atoms with E-state index in [2.05, 4.69) is 9.71 Å². The van der Waals surface area contributed by atoms with E-state index in [0.29, 0.717) is 48.9 Å². The minimum Gasteiger partial charge on any atom is -0.355 e. The number of amides is 1. The van der Waals surface area contributed by atoms with Gasteiger partial charge in [-0.05, 0) is 42.7 Å². The summed E-state index contributed by atoms with van der Waals surface area (Å²) >= 11 is 5.97. The summed E-state index contributed by atoms with van der Waals surface area (Å²) in [6.07, 6.45) is 1.31. The summed E-state index contributed by atoms with van der Waals surface area (Å²) in [6.45, 7) is 1.63. The van der Waals surface area contributed by atoms with Crippen LogP contribution in [0.15, 0.2) is 57.8 Å². The molecule has 146 valence electrons. The first-order valence-corrected chi connectivity index (χ1v) is 11.0. The Hall–Kier alpha value is -2.38. The van der Waals surface area contributed by atoms with E-state index in [4.69, 9.17) is 11.6 Å². The first-order chi connectivity index (χ1) is 13.4. The lowest BCUT2D eigenvalue weighted by atomic mass is 9.95. The molecule has 2 heterocycles. The lowest BCUT2D eigenvalue weighted by Gasteiger charge is -2.32. The van der Waals surface area contributed by atoms with Crippen LogP contribution in [0.5, 0.6) is 0 Å². The molecule has 0 aromatic heterocycles. The molecule has 4 rings (SSSR count). The molecular formula is C20H20ClN3O3S. The number of likely N-dealkylation sites (tertiary alicyclic amines) is 1. The number of benzene rings is 2. The van der Waals surface area contributed by atoms with Crippen molar-refractivity contribution in [2.45, 2.75) is 24.3 Å². The highest BCUT2D eigenvalue weighted by Crippen LogP contribution is 2.29. The number of fused-ring (bicyclic) bond motifs is 1. The van der Waals surface area contributed by atoms with Crippen molar-refractivity contribution in [3.05, 3.63) is 64.7 Å². The molecule has 0 aliphatic carbocycles. The van der Waals surface area contributed by atoms with E-state index >= 15 is 0 Å². The van der Waals surface area contributed by atoms with E-state index in [1.807, 2.05) is 29.2 Å². The Kier molecular flexibility index (Phi) is 5.12. The van der Waals surface area contributed by atoms with Crippen LogP contribution in [0.1, 0.15) is 24.0 Å². The highest BCUT2D eigenvalue weighted by atomic mass is 35.5. The van der Waals surface area contributed by atoms with Gasteiger partial charge in [0.15, 0.2) is 5.84 Å². The molecule has 2 aromatic rings. The molecule has 2 aliphatic heterocycles. The number of carbonyl (C=O) groups excluding carboxylic acids is 1. The summed E-state index contributed by atoms with van der Waals surface area (Å²) in [5.41, 5.74) is 1.60. The van der Waals surface area contributed by atoms with Gasteiger partial charge in [0.1, 0.15) is 4.90 Å². The van der Waals surface area contributed by atoms with Crippen LogP contribution in [-0.2, 0) is 21.4 Å². The summed E-state index contributed by atoms with van der Waals surface area (Å²) in [6, 6.07) is 14.3. The van der Waals surface area contributed by atoms with Gasteiger partial charge in [0.25, 0.3) is 10.0 Å². The molecule has 1 N–H and O–H groups in total. The SMILES string of the molecule is O=C(NCc1cccc(Cl)c1)C1CCN(C2=NS(=O)(=O)c3ccccc32)CC1. The van der Waals surface area contributed by atoms with E-state index in [9.17, 15) is 13.2 Å². The molecule has 8 heteroatoms. The summed E-state index contributed by atoms with van der Waals surface area (Å²) in [5.74, 6) is 0.415. The lowest BCUT2D eigenvalue weighted by Crippen LogP contribution is -2.42. The number of carbonyl (C=O) groups is 1. The standard InChI is InChI=1S/C20H20ClN3O3S/c21-16-5-3-4-14(12-16)13-22-20(25)15-8-10-24(11-9-15)19-17-6-1-2-7-18(17)28(26,27)23-19/h1-7,12,15H,8-11,13H2,(H,22,25). The molecule has 28 heavy (non-hydrogen) atoms. The smallest absolute Gasteiger partial charge is 0.285 e. The van der Waals surface area contributed by atoms with Crippen molar-refractivity contribution in [1.82, 2.24) is 10.2 Å². The number of piperidine rings is 1. The van der Waals surface area contributed by atoms with Crippen molar-refractivity contribution in [3.63, 3.8) is 0 Å². The molecule has 1 amide bonds. The number of nitrogens with zero attached hydrogens (tertiary/aromatic N) is 2. The molecule has 0 unspecified atom stereocenters. The number of amidine groups is 1. The van der Waals surface area contributed by atoms with E-state index in [1.165, 1.54) is 0 Å². The lowest BCUT2D eigenvalue weighted by molar-refractivity contribution is -0.126.